The SMILES string of the molecule is O=CNC1=C(C2=NN(c3ccccc3)C(=O)C2)CCC1. The van der Waals surface area contributed by atoms with Gasteiger partial charge >= 0.3 is 0 Å². The molecule has 0 saturated heterocycles. The Hall–Kier alpha value is -2.43. The van der Waals surface area contributed by atoms with Crippen molar-refractivity contribution in [1.82, 2.24) is 5.32 Å². The van der Waals surface area contributed by atoms with Gasteiger partial charge in [-0.3, -0.25) is 9.59 Å². The summed E-state index contributed by atoms with van der Waals surface area (Å²) in [4.78, 5) is 22.7. The fraction of sp³-hybridized carbons (Fsp3) is 0.267. The Balaban J connectivity index is 1.91. The van der Waals surface area contributed by atoms with Gasteiger partial charge in [0.05, 0.1) is 17.8 Å². The Morgan fingerprint density at radius 2 is 2.00 bits per heavy atom. The number of benzene rings is 1. The largest absolute Gasteiger partial charge is 0.332 e. The van der Waals surface area contributed by atoms with E-state index in [9.17, 15) is 9.59 Å². The van der Waals surface area contributed by atoms with Gasteiger partial charge in [0, 0.05) is 5.70 Å². The normalized spacial score (nSPS) is 18.5. The van der Waals surface area contributed by atoms with E-state index < -0.39 is 0 Å². The Labute approximate surface area is 117 Å². The first-order valence-electron chi connectivity index (χ1n) is 6.67. The lowest BCUT2D eigenvalue weighted by Crippen LogP contribution is -2.19. The van der Waals surface area contributed by atoms with E-state index in [1.54, 1.807) is 0 Å². The lowest BCUT2D eigenvalue weighted by atomic mass is 10.1. The zero-order chi connectivity index (χ0) is 13.9. The zero-order valence-corrected chi connectivity index (χ0v) is 11.0. The number of hydrogen-bond donors (Lipinski definition) is 1. The van der Waals surface area contributed by atoms with Crippen LogP contribution >= 0.6 is 0 Å². The van der Waals surface area contributed by atoms with Gasteiger partial charge in [-0.2, -0.15) is 5.10 Å². The molecule has 0 spiro atoms. The number of para-hydroxylation sites is 1. The molecule has 1 aromatic rings. The molecule has 0 aromatic heterocycles. The summed E-state index contributed by atoms with van der Waals surface area (Å²) in [5.41, 5.74) is 3.47. The van der Waals surface area contributed by atoms with E-state index >= 15 is 0 Å². The highest BCUT2D eigenvalue weighted by Crippen LogP contribution is 2.30. The quantitative estimate of drug-likeness (QED) is 0.849. The van der Waals surface area contributed by atoms with Crippen molar-refractivity contribution >= 4 is 23.7 Å². The molecule has 1 aliphatic heterocycles. The van der Waals surface area contributed by atoms with Crippen molar-refractivity contribution < 1.29 is 9.59 Å². The molecule has 0 bridgehead atoms. The second kappa shape index (κ2) is 5.28. The highest BCUT2D eigenvalue weighted by molar-refractivity contribution is 6.19. The Bertz CT molecular complexity index is 605. The van der Waals surface area contributed by atoms with Gasteiger partial charge in [0.25, 0.3) is 5.91 Å². The third-order valence-electron chi connectivity index (χ3n) is 3.58. The summed E-state index contributed by atoms with van der Waals surface area (Å²) in [5.74, 6) is -0.0314. The predicted molar refractivity (Wildman–Crippen MR) is 76.1 cm³/mol. The van der Waals surface area contributed by atoms with E-state index in [0.717, 1.165) is 41.9 Å². The first kappa shape index (κ1) is 12.6. The first-order valence-corrected chi connectivity index (χ1v) is 6.67. The summed E-state index contributed by atoms with van der Waals surface area (Å²) in [5, 5.41) is 8.61. The van der Waals surface area contributed by atoms with Crippen LogP contribution in [0.3, 0.4) is 0 Å². The lowest BCUT2D eigenvalue weighted by molar-refractivity contribution is -0.117. The molecule has 1 aliphatic carbocycles. The zero-order valence-electron chi connectivity index (χ0n) is 11.0. The van der Waals surface area contributed by atoms with E-state index in [1.807, 2.05) is 30.3 Å². The van der Waals surface area contributed by atoms with Crippen LogP contribution in [-0.4, -0.2) is 18.0 Å². The monoisotopic (exact) mass is 269 g/mol. The number of nitrogens with one attached hydrogen (secondary N) is 1. The smallest absolute Gasteiger partial charge is 0.253 e. The van der Waals surface area contributed by atoms with Crippen LogP contribution in [0.1, 0.15) is 25.7 Å². The Morgan fingerprint density at radius 3 is 2.75 bits per heavy atom. The van der Waals surface area contributed by atoms with Crippen LogP contribution in [0, 0.1) is 0 Å². The van der Waals surface area contributed by atoms with E-state index in [2.05, 4.69) is 10.4 Å². The number of carbonyl (C=O) groups is 2. The van der Waals surface area contributed by atoms with Crippen molar-refractivity contribution in [2.45, 2.75) is 25.7 Å². The van der Waals surface area contributed by atoms with E-state index in [-0.39, 0.29) is 5.91 Å². The predicted octanol–water partition coefficient (Wildman–Crippen LogP) is 1.96. The van der Waals surface area contributed by atoms with E-state index in [4.69, 9.17) is 0 Å². The van der Waals surface area contributed by atoms with Crippen molar-refractivity contribution in [2.24, 2.45) is 5.10 Å². The standard InChI is InChI=1S/C15H15N3O2/c19-10-16-13-8-4-7-12(13)14-9-15(20)18(17-14)11-5-2-1-3-6-11/h1-3,5-6,10H,4,7-9H2,(H,16,19). The fourth-order valence-corrected chi connectivity index (χ4v) is 2.66. The average Bonchev–Trinajstić information content (AvgIpc) is 3.07. The number of carbonyl (C=O) groups excluding carboxylic acids is 2. The summed E-state index contributed by atoms with van der Waals surface area (Å²) in [7, 11) is 0. The molecule has 2 amide bonds. The number of allylic oxidation sites excluding steroid dienone is 2. The van der Waals surface area contributed by atoms with Gasteiger partial charge in [-0.25, -0.2) is 5.01 Å². The molecule has 5 heteroatoms. The van der Waals surface area contributed by atoms with Crippen molar-refractivity contribution in [3.05, 3.63) is 41.6 Å². The van der Waals surface area contributed by atoms with Crippen LogP contribution in [0.5, 0.6) is 0 Å². The van der Waals surface area contributed by atoms with Gasteiger partial charge < -0.3 is 5.32 Å². The third-order valence-corrected chi connectivity index (χ3v) is 3.58. The van der Waals surface area contributed by atoms with Crippen LogP contribution in [0.2, 0.25) is 0 Å². The number of hydrogen-bond acceptors (Lipinski definition) is 3. The summed E-state index contributed by atoms with van der Waals surface area (Å²) in [6.07, 6.45) is 3.68. The second-order valence-corrected chi connectivity index (χ2v) is 4.84. The lowest BCUT2D eigenvalue weighted by Gasteiger charge is -2.10. The summed E-state index contributed by atoms with van der Waals surface area (Å²) in [6, 6.07) is 9.38. The minimum absolute atomic E-state index is 0.0314. The minimum Gasteiger partial charge on any atom is -0.332 e. The van der Waals surface area contributed by atoms with Gasteiger partial charge in [-0.1, -0.05) is 18.2 Å². The maximum absolute atomic E-state index is 12.1. The minimum atomic E-state index is -0.0314. The molecule has 0 saturated carbocycles. The van der Waals surface area contributed by atoms with Crippen molar-refractivity contribution in [3.63, 3.8) is 0 Å². The topological polar surface area (TPSA) is 61.8 Å². The second-order valence-electron chi connectivity index (χ2n) is 4.84. The molecule has 20 heavy (non-hydrogen) atoms. The third kappa shape index (κ3) is 2.22. The molecule has 0 fully saturated rings. The number of nitrogens with zero attached hydrogens (tertiary/aromatic N) is 2. The molecule has 102 valence electrons. The van der Waals surface area contributed by atoms with Crippen LogP contribution in [0.4, 0.5) is 5.69 Å². The number of hydrazone groups is 1. The fourth-order valence-electron chi connectivity index (χ4n) is 2.66. The van der Waals surface area contributed by atoms with Gasteiger partial charge in [0.2, 0.25) is 6.41 Å². The van der Waals surface area contributed by atoms with Crippen molar-refractivity contribution in [3.8, 4) is 0 Å². The summed E-state index contributed by atoms with van der Waals surface area (Å²) < 4.78 is 0. The average molecular weight is 269 g/mol. The Morgan fingerprint density at radius 1 is 1.20 bits per heavy atom. The van der Waals surface area contributed by atoms with Gasteiger partial charge in [-0.05, 0) is 37.0 Å². The highest BCUT2D eigenvalue weighted by atomic mass is 16.2. The first-order chi connectivity index (χ1) is 9.79. The number of amides is 2. The van der Waals surface area contributed by atoms with Gasteiger partial charge in [-0.15, -0.1) is 0 Å². The number of anilines is 1. The molecule has 1 heterocycles. The van der Waals surface area contributed by atoms with Crippen molar-refractivity contribution in [1.29, 1.82) is 0 Å². The van der Waals surface area contributed by atoms with Crippen molar-refractivity contribution in [2.75, 3.05) is 5.01 Å². The molecular weight excluding hydrogens is 254 g/mol. The highest BCUT2D eigenvalue weighted by Gasteiger charge is 2.30. The number of rotatable bonds is 4. The molecule has 5 nitrogen and oxygen atoms in total. The van der Waals surface area contributed by atoms with Crippen LogP contribution in [-0.2, 0) is 9.59 Å². The van der Waals surface area contributed by atoms with Crippen LogP contribution in [0.15, 0.2) is 46.7 Å². The maximum atomic E-state index is 12.1. The van der Waals surface area contributed by atoms with Crippen LogP contribution in [0.25, 0.3) is 0 Å². The molecule has 1 N–H and O–H groups in total. The molecule has 2 aliphatic rings. The molecule has 1 aromatic carbocycles. The molecular formula is C15H15N3O2. The molecule has 0 atom stereocenters. The Kier molecular flexibility index (Phi) is 3.33. The van der Waals surface area contributed by atoms with Gasteiger partial charge in [0.1, 0.15) is 0 Å². The summed E-state index contributed by atoms with van der Waals surface area (Å²) >= 11 is 0. The maximum Gasteiger partial charge on any atom is 0.253 e. The molecule has 0 unspecified atom stereocenters. The molecule has 0 radical (unpaired) electrons. The van der Waals surface area contributed by atoms with E-state index in [0.29, 0.717) is 12.8 Å². The summed E-state index contributed by atoms with van der Waals surface area (Å²) in [6.45, 7) is 0. The molecule has 3 rings (SSSR count). The van der Waals surface area contributed by atoms with E-state index in [1.165, 1.54) is 5.01 Å². The van der Waals surface area contributed by atoms with Crippen LogP contribution < -0.4 is 10.3 Å². The van der Waals surface area contributed by atoms with Gasteiger partial charge in [0.15, 0.2) is 0 Å².